The quantitative estimate of drug-likeness (QED) is 0.617. The molecule has 0 spiro atoms. The second-order valence-electron chi connectivity index (χ2n) is 5.49. The van der Waals surface area contributed by atoms with Gasteiger partial charge in [0, 0.05) is 24.4 Å². The number of carbonyl (C=O) groups is 1. The second-order valence-corrected chi connectivity index (χ2v) is 6.70. The van der Waals surface area contributed by atoms with Crippen molar-refractivity contribution in [3.8, 4) is 0 Å². The first kappa shape index (κ1) is 18.2. The molecule has 1 radical (unpaired) electrons. The van der Waals surface area contributed by atoms with Gasteiger partial charge in [0.1, 0.15) is 0 Å². The number of aryl methyl sites for hydroxylation is 5. The van der Waals surface area contributed by atoms with Crippen LogP contribution in [0.15, 0.2) is 30.3 Å². The summed E-state index contributed by atoms with van der Waals surface area (Å²) in [5, 5.41) is 1.20. The van der Waals surface area contributed by atoms with Crippen molar-refractivity contribution in [3.63, 3.8) is 0 Å². The molecule has 0 N–H and O–H groups in total. The Morgan fingerprint density at radius 3 is 1.81 bits per heavy atom. The molecule has 1 nitrogen and oxygen atoms in total. The van der Waals surface area contributed by atoms with Gasteiger partial charge in [0.05, 0.1) is 0 Å². The zero-order valence-corrected chi connectivity index (χ0v) is 14.8. The summed E-state index contributed by atoms with van der Waals surface area (Å²) in [4.78, 5) is 12.7. The Bertz CT molecular complexity index is 634. The van der Waals surface area contributed by atoms with Crippen LogP contribution in [0.25, 0.3) is 0 Å². The molecule has 105 valence electrons. The molecule has 3 heteroatoms. The predicted molar refractivity (Wildman–Crippen MR) is 94.6 cm³/mol. The van der Waals surface area contributed by atoms with Gasteiger partial charge >= 0.3 is 0 Å². The van der Waals surface area contributed by atoms with Crippen LogP contribution >= 0.6 is 8.58 Å². The molecule has 0 saturated carbocycles. The van der Waals surface area contributed by atoms with Crippen LogP contribution in [0.5, 0.6) is 0 Å². The predicted octanol–water partition coefficient (Wildman–Crippen LogP) is 3.99. The van der Waals surface area contributed by atoms with Crippen LogP contribution in [-0.2, 0) is 0 Å². The van der Waals surface area contributed by atoms with E-state index < -0.39 is 0 Å². The number of hydrogen-bond donors (Lipinski definition) is 0. The van der Waals surface area contributed by atoms with Gasteiger partial charge < -0.3 is 0 Å². The van der Waals surface area contributed by atoms with Crippen molar-refractivity contribution < 1.29 is 4.79 Å². The molecule has 21 heavy (non-hydrogen) atoms. The van der Waals surface area contributed by atoms with E-state index in [9.17, 15) is 4.79 Å². The molecule has 0 aliphatic carbocycles. The Kier molecular flexibility index (Phi) is 6.42. The maximum Gasteiger partial charge on any atom is 0.186 e. The Labute approximate surface area is 141 Å². The molecule has 0 amide bonds. The summed E-state index contributed by atoms with van der Waals surface area (Å²) in [5.41, 5.74) is 6.99. The van der Waals surface area contributed by atoms with Crippen molar-refractivity contribution in [1.82, 2.24) is 0 Å². The van der Waals surface area contributed by atoms with Gasteiger partial charge in [-0.15, -0.1) is 0 Å². The third-order valence-corrected chi connectivity index (χ3v) is 5.14. The fraction of sp³-hybridized carbons (Fsp3) is 0.278. The summed E-state index contributed by atoms with van der Waals surface area (Å²) >= 11 is 0. The maximum atomic E-state index is 12.7. The zero-order chi connectivity index (χ0) is 14.9. The van der Waals surface area contributed by atoms with Crippen LogP contribution in [0.4, 0.5) is 0 Å². The van der Waals surface area contributed by atoms with Gasteiger partial charge in [-0.1, -0.05) is 35.9 Å². The first-order valence-electron chi connectivity index (χ1n) is 6.85. The standard InChI is InChI=1S/C18H21OP.Li/c1-11-9-14(4)17(15(5)10-11)20-18(19)16-12(2)7-6-8-13(16)3;/h6-10,20H,1-5H3;. The Hall–Kier alpha value is -0.863. The fourth-order valence-electron chi connectivity index (χ4n) is 2.73. The van der Waals surface area contributed by atoms with Crippen LogP contribution in [0.3, 0.4) is 0 Å². The van der Waals surface area contributed by atoms with Gasteiger partial charge in [0.15, 0.2) is 5.52 Å². The minimum absolute atomic E-state index is 0. The molecule has 2 rings (SSSR count). The average Bonchev–Trinajstić information content (AvgIpc) is 2.33. The second kappa shape index (κ2) is 7.42. The Morgan fingerprint density at radius 1 is 0.857 bits per heavy atom. The third kappa shape index (κ3) is 4.08. The molecule has 0 heterocycles. The van der Waals surface area contributed by atoms with Crippen molar-refractivity contribution in [2.75, 3.05) is 0 Å². The number of carbonyl (C=O) groups excluding carboxylic acids is 1. The molecule has 2 aromatic rings. The first-order chi connectivity index (χ1) is 9.40. The maximum absolute atomic E-state index is 12.7. The van der Waals surface area contributed by atoms with E-state index in [0.29, 0.717) is 0 Å². The summed E-state index contributed by atoms with van der Waals surface area (Å²) < 4.78 is 0. The molecule has 0 saturated heterocycles. The van der Waals surface area contributed by atoms with E-state index in [0.717, 1.165) is 16.7 Å². The molecule has 1 unspecified atom stereocenters. The Balaban J connectivity index is 0.00000220. The van der Waals surface area contributed by atoms with E-state index in [1.54, 1.807) is 0 Å². The van der Waals surface area contributed by atoms with Gasteiger partial charge in [0.2, 0.25) is 0 Å². The van der Waals surface area contributed by atoms with Gasteiger partial charge in [-0.25, -0.2) is 0 Å². The van der Waals surface area contributed by atoms with Crippen LogP contribution in [-0.4, -0.2) is 24.4 Å². The zero-order valence-electron chi connectivity index (χ0n) is 13.8. The van der Waals surface area contributed by atoms with Gasteiger partial charge in [-0.05, 0) is 70.8 Å². The van der Waals surface area contributed by atoms with E-state index in [-0.39, 0.29) is 33.0 Å². The summed E-state index contributed by atoms with van der Waals surface area (Å²) in [7, 11) is 0.204. The van der Waals surface area contributed by atoms with Crippen molar-refractivity contribution in [1.29, 1.82) is 0 Å². The number of benzene rings is 2. The minimum Gasteiger partial charge on any atom is -0.289 e. The number of rotatable bonds is 3. The van der Waals surface area contributed by atoms with Crippen LogP contribution in [0.2, 0.25) is 0 Å². The summed E-state index contributed by atoms with van der Waals surface area (Å²) in [5.74, 6) is 0. The molecule has 1 atom stereocenters. The molecule has 0 aromatic heterocycles. The van der Waals surface area contributed by atoms with Gasteiger partial charge in [0.25, 0.3) is 0 Å². The van der Waals surface area contributed by atoms with Gasteiger partial charge in [-0.2, -0.15) is 0 Å². The summed E-state index contributed by atoms with van der Waals surface area (Å²) in [6.45, 7) is 10.3. The smallest absolute Gasteiger partial charge is 0.186 e. The third-order valence-electron chi connectivity index (χ3n) is 3.62. The monoisotopic (exact) mass is 291 g/mol. The van der Waals surface area contributed by atoms with Crippen molar-refractivity contribution in [2.24, 2.45) is 0 Å². The molecule has 0 bridgehead atoms. The van der Waals surface area contributed by atoms with Gasteiger partial charge in [-0.3, -0.25) is 4.79 Å². The van der Waals surface area contributed by atoms with E-state index >= 15 is 0 Å². The topological polar surface area (TPSA) is 17.1 Å². The van der Waals surface area contributed by atoms with E-state index in [4.69, 9.17) is 0 Å². The molecule has 0 aliphatic heterocycles. The van der Waals surface area contributed by atoms with Crippen LogP contribution < -0.4 is 5.30 Å². The van der Waals surface area contributed by atoms with E-state index in [1.807, 2.05) is 32.0 Å². The summed E-state index contributed by atoms with van der Waals surface area (Å²) in [6.07, 6.45) is 0. The molecule has 2 aromatic carbocycles. The molecular formula is C18H21LiOP. The normalized spacial score (nSPS) is 10.7. The molecule has 0 fully saturated rings. The minimum atomic E-state index is 0. The summed E-state index contributed by atoms with van der Waals surface area (Å²) in [6, 6.07) is 10.4. The van der Waals surface area contributed by atoms with Crippen LogP contribution in [0.1, 0.15) is 38.2 Å². The van der Waals surface area contributed by atoms with Crippen molar-refractivity contribution in [3.05, 3.63) is 63.7 Å². The Morgan fingerprint density at radius 2 is 1.33 bits per heavy atom. The molecular weight excluding hydrogens is 270 g/mol. The van der Waals surface area contributed by atoms with E-state index in [2.05, 4.69) is 32.9 Å². The average molecular weight is 291 g/mol. The van der Waals surface area contributed by atoms with Crippen LogP contribution in [0, 0.1) is 34.6 Å². The molecule has 0 aliphatic rings. The SMILES string of the molecule is Cc1cc(C)c(PC(=O)c2c(C)cccc2C)c(C)c1.[Li]. The van der Waals surface area contributed by atoms with Crippen molar-refractivity contribution >= 4 is 38.3 Å². The van der Waals surface area contributed by atoms with E-state index in [1.165, 1.54) is 22.0 Å². The first-order valence-corrected chi connectivity index (χ1v) is 7.85. The number of hydrogen-bond acceptors (Lipinski definition) is 1. The van der Waals surface area contributed by atoms with Crippen molar-refractivity contribution in [2.45, 2.75) is 34.6 Å². The largest absolute Gasteiger partial charge is 0.289 e. The fourth-order valence-corrected chi connectivity index (χ4v) is 4.01.